The van der Waals surface area contributed by atoms with Crippen LogP contribution in [0.4, 0.5) is 13.2 Å². The molecule has 3 aliphatic rings. The maximum absolute atomic E-state index is 13.5. The van der Waals surface area contributed by atoms with Crippen LogP contribution in [-0.2, 0) is 27.4 Å². The van der Waals surface area contributed by atoms with E-state index in [1.54, 1.807) is 12.1 Å². The molecule has 8 heteroatoms. The van der Waals surface area contributed by atoms with Crippen molar-refractivity contribution in [2.45, 2.75) is 133 Å². The molecule has 0 radical (unpaired) electrons. The number of benzene rings is 1. The highest BCUT2D eigenvalue weighted by Gasteiger charge is 2.57. The van der Waals surface area contributed by atoms with Crippen LogP contribution < -0.4 is 0 Å². The molecule has 2 heterocycles. The molecule has 5 rings (SSSR count). The summed E-state index contributed by atoms with van der Waals surface area (Å²) in [5.41, 5.74) is 5.32. The Morgan fingerprint density at radius 3 is 2.22 bits per heavy atom. The maximum Gasteiger partial charge on any atom is 0.416 e. The van der Waals surface area contributed by atoms with Crippen LogP contribution in [0.5, 0.6) is 0 Å². The number of rotatable bonds is 4. The third-order valence-electron chi connectivity index (χ3n) is 9.94. The van der Waals surface area contributed by atoms with Gasteiger partial charge in [-0.2, -0.15) is 13.2 Å². The Morgan fingerprint density at radius 1 is 1.07 bits per heavy atom. The second-order valence-corrected chi connectivity index (χ2v) is 21.3. The zero-order valence-corrected chi connectivity index (χ0v) is 29.1. The highest BCUT2D eigenvalue weighted by molar-refractivity contribution is 14.1. The van der Waals surface area contributed by atoms with Crippen molar-refractivity contribution >= 4 is 30.9 Å². The van der Waals surface area contributed by atoms with Gasteiger partial charge in [0, 0.05) is 32.0 Å². The minimum atomic E-state index is -4.38. The molecular weight excluding hydrogens is 654 g/mol. The molecular formula is C33H45F3INO2Si. The Labute approximate surface area is 258 Å². The summed E-state index contributed by atoms with van der Waals surface area (Å²) < 4.78 is 55.1. The molecule has 0 amide bonds. The first kappa shape index (κ1) is 31.5. The number of ether oxygens (including phenoxy) is 1. The van der Waals surface area contributed by atoms with Crippen LogP contribution >= 0.6 is 22.6 Å². The van der Waals surface area contributed by atoms with Crippen LogP contribution in [0.3, 0.4) is 0 Å². The number of hydrogen-bond acceptors (Lipinski definition) is 3. The van der Waals surface area contributed by atoms with Crippen LogP contribution in [0.25, 0.3) is 0 Å². The summed E-state index contributed by atoms with van der Waals surface area (Å²) in [6.45, 7) is 20.4. The van der Waals surface area contributed by atoms with E-state index in [0.717, 1.165) is 54.6 Å². The molecule has 1 aromatic heterocycles. The molecule has 1 saturated carbocycles. The van der Waals surface area contributed by atoms with E-state index in [2.05, 4.69) is 84.2 Å². The van der Waals surface area contributed by atoms with Gasteiger partial charge in [0.15, 0.2) is 8.32 Å². The average molecular weight is 700 g/mol. The van der Waals surface area contributed by atoms with Gasteiger partial charge in [-0.05, 0) is 79.3 Å². The summed E-state index contributed by atoms with van der Waals surface area (Å²) in [4.78, 5) is 5.41. The van der Waals surface area contributed by atoms with Gasteiger partial charge in [0.2, 0.25) is 0 Å². The summed E-state index contributed by atoms with van der Waals surface area (Å²) in [7, 11) is -2.14. The Kier molecular flexibility index (Phi) is 7.90. The molecule has 2 aromatic rings. The second kappa shape index (κ2) is 10.3. The molecule has 3 nitrogen and oxygen atoms in total. The van der Waals surface area contributed by atoms with E-state index in [-0.39, 0.29) is 26.4 Å². The minimum absolute atomic E-state index is 0.0361. The Balaban J connectivity index is 1.78. The molecule has 0 saturated heterocycles. The third kappa shape index (κ3) is 5.46. The SMILES string of the molecule is CC(C)c1nc2c(c3c1[C@H](c1ccc(C(F)(F)F)cc1)OC31CCCC1I)C(O[Si](C)(C)C(C)(C)C)CC(C)(C)C2. The van der Waals surface area contributed by atoms with Gasteiger partial charge in [0.05, 0.1) is 11.7 Å². The lowest BCUT2D eigenvalue weighted by molar-refractivity contribution is -0.137. The second-order valence-electron chi connectivity index (χ2n) is 15.1. The van der Waals surface area contributed by atoms with Gasteiger partial charge in [-0.3, -0.25) is 4.98 Å². The number of alkyl halides is 4. The van der Waals surface area contributed by atoms with Gasteiger partial charge in [-0.25, -0.2) is 0 Å². The fraction of sp³-hybridized carbons (Fsp3) is 0.667. The summed E-state index contributed by atoms with van der Waals surface area (Å²) in [5.74, 6) is 0.142. The molecule has 1 spiro atoms. The minimum Gasteiger partial charge on any atom is -0.410 e. The van der Waals surface area contributed by atoms with Gasteiger partial charge in [0.1, 0.15) is 11.7 Å². The summed E-state index contributed by atoms with van der Waals surface area (Å²) >= 11 is 2.56. The highest BCUT2D eigenvalue weighted by Crippen LogP contribution is 2.62. The van der Waals surface area contributed by atoms with Gasteiger partial charge in [0.25, 0.3) is 0 Å². The predicted molar refractivity (Wildman–Crippen MR) is 169 cm³/mol. The first-order chi connectivity index (χ1) is 18.8. The average Bonchev–Trinajstić information content (AvgIpc) is 3.37. The lowest BCUT2D eigenvalue weighted by Gasteiger charge is -2.45. The number of halogens is 4. The zero-order chi connectivity index (χ0) is 30.3. The van der Waals surface area contributed by atoms with Crippen LogP contribution in [0.2, 0.25) is 18.1 Å². The van der Waals surface area contributed by atoms with Crippen LogP contribution in [0.15, 0.2) is 24.3 Å². The lowest BCUT2D eigenvalue weighted by atomic mass is 9.70. The van der Waals surface area contributed by atoms with Crippen molar-refractivity contribution < 1.29 is 22.3 Å². The molecule has 1 fully saturated rings. The van der Waals surface area contributed by atoms with Gasteiger partial charge < -0.3 is 9.16 Å². The zero-order valence-electron chi connectivity index (χ0n) is 25.9. The first-order valence-electron chi connectivity index (χ1n) is 15.0. The van der Waals surface area contributed by atoms with Gasteiger partial charge in [-0.1, -0.05) is 83.2 Å². The fourth-order valence-electron chi connectivity index (χ4n) is 6.85. The molecule has 1 aromatic carbocycles. The van der Waals surface area contributed by atoms with Crippen LogP contribution in [0.1, 0.15) is 131 Å². The van der Waals surface area contributed by atoms with E-state index < -0.39 is 31.8 Å². The van der Waals surface area contributed by atoms with Crippen molar-refractivity contribution in [3.63, 3.8) is 0 Å². The standard InChI is InChI=1S/C33H45F3INO2Si/c1-19(2)28-26-27(25-22(38-28)17-31(6,7)18-23(25)40-41(8,9)30(3,4)5)32(16-10-11-24(32)37)39-29(26)20-12-14-21(15-13-20)33(34,35)36/h12-15,19,23-24,29H,10-11,16-18H2,1-9H3/t23?,24?,29-,32?/m0/s1. The topological polar surface area (TPSA) is 31.4 Å². The predicted octanol–water partition coefficient (Wildman–Crippen LogP) is 10.6. The maximum atomic E-state index is 13.5. The van der Waals surface area contributed by atoms with Crippen LogP contribution in [-0.4, -0.2) is 17.2 Å². The lowest BCUT2D eigenvalue weighted by Crippen LogP contribution is -2.44. The number of pyridine rings is 1. The third-order valence-corrected chi connectivity index (χ3v) is 16.1. The monoisotopic (exact) mass is 699 g/mol. The quantitative estimate of drug-likeness (QED) is 0.181. The van der Waals surface area contributed by atoms with Crippen molar-refractivity contribution in [1.29, 1.82) is 0 Å². The summed E-state index contributed by atoms with van der Waals surface area (Å²) in [6.07, 6.45) is -0.136. The Hall–Kier alpha value is -0.973. The largest absolute Gasteiger partial charge is 0.416 e. The van der Waals surface area contributed by atoms with Crippen molar-refractivity contribution in [2.75, 3.05) is 0 Å². The number of fused-ring (bicyclic) bond motifs is 4. The number of hydrogen-bond donors (Lipinski definition) is 0. The number of nitrogens with zero attached hydrogens (tertiary/aromatic N) is 1. The molecule has 0 bridgehead atoms. The molecule has 1 aliphatic heterocycles. The van der Waals surface area contributed by atoms with Gasteiger partial charge >= 0.3 is 6.18 Å². The van der Waals surface area contributed by atoms with E-state index in [9.17, 15) is 13.2 Å². The van der Waals surface area contributed by atoms with Crippen molar-refractivity contribution in [3.05, 3.63) is 63.5 Å². The van der Waals surface area contributed by atoms with E-state index in [1.165, 1.54) is 23.3 Å². The van der Waals surface area contributed by atoms with Gasteiger partial charge in [-0.15, -0.1) is 0 Å². The Morgan fingerprint density at radius 2 is 1.71 bits per heavy atom. The molecule has 3 unspecified atom stereocenters. The first-order valence-corrected chi connectivity index (χ1v) is 19.2. The van der Waals surface area contributed by atoms with Crippen molar-refractivity contribution in [1.82, 2.24) is 4.98 Å². The smallest absolute Gasteiger partial charge is 0.410 e. The Bertz CT molecular complexity index is 1320. The van der Waals surface area contributed by atoms with Crippen molar-refractivity contribution in [2.24, 2.45) is 5.41 Å². The molecule has 41 heavy (non-hydrogen) atoms. The summed E-state index contributed by atoms with van der Waals surface area (Å²) in [6, 6.07) is 5.58. The van der Waals surface area contributed by atoms with E-state index in [4.69, 9.17) is 14.1 Å². The summed E-state index contributed by atoms with van der Waals surface area (Å²) in [5, 5.41) is 0.0549. The van der Waals surface area contributed by atoms with E-state index in [0.29, 0.717) is 0 Å². The highest BCUT2D eigenvalue weighted by atomic mass is 127. The molecule has 226 valence electrons. The molecule has 2 aliphatic carbocycles. The normalized spacial score (nSPS) is 27.9. The molecule has 4 atom stereocenters. The van der Waals surface area contributed by atoms with Crippen LogP contribution in [0, 0.1) is 5.41 Å². The van der Waals surface area contributed by atoms with E-state index >= 15 is 0 Å². The number of aromatic nitrogens is 1. The van der Waals surface area contributed by atoms with Crippen molar-refractivity contribution in [3.8, 4) is 0 Å². The van der Waals surface area contributed by atoms with E-state index in [1.807, 2.05) is 0 Å². The fourth-order valence-corrected chi connectivity index (χ4v) is 9.32. The molecule has 0 N–H and O–H groups in total.